The van der Waals surface area contributed by atoms with Crippen molar-refractivity contribution in [3.63, 3.8) is 0 Å². The van der Waals surface area contributed by atoms with Crippen LogP contribution in [0, 0.1) is 11.2 Å². The summed E-state index contributed by atoms with van der Waals surface area (Å²) in [7, 11) is 1.44. The van der Waals surface area contributed by atoms with Crippen molar-refractivity contribution < 1.29 is 28.2 Å². The second kappa shape index (κ2) is 6.68. The van der Waals surface area contributed by atoms with Crippen LogP contribution in [0.25, 0.3) is 11.3 Å². The minimum atomic E-state index is -1.09. The molecule has 1 aromatic carbocycles. The van der Waals surface area contributed by atoms with Gasteiger partial charge in [-0.3, -0.25) is 9.59 Å². The summed E-state index contributed by atoms with van der Waals surface area (Å²) >= 11 is 0. The maximum Gasteiger partial charge on any atom is 0.313 e. The van der Waals surface area contributed by atoms with Crippen LogP contribution in [-0.4, -0.2) is 48.7 Å². The largest absolute Gasteiger partial charge is 0.481 e. The van der Waals surface area contributed by atoms with E-state index in [1.165, 1.54) is 30.2 Å². The van der Waals surface area contributed by atoms with E-state index in [1.54, 1.807) is 18.2 Å². The highest BCUT2D eigenvalue weighted by Gasteiger charge is 2.46. The number of carboxylic acids is 1. The van der Waals surface area contributed by atoms with Crippen LogP contribution in [0.15, 0.2) is 40.8 Å². The van der Waals surface area contributed by atoms with Gasteiger partial charge in [0.05, 0.1) is 6.61 Å². The monoisotopic (exact) mass is 347 g/mol. The molecule has 1 atom stereocenters. The van der Waals surface area contributed by atoms with E-state index in [0.29, 0.717) is 24.3 Å². The molecule has 0 saturated carbocycles. The molecule has 3 rings (SSSR count). The number of halogens is 1. The van der Waals surface area contributed by atoms with Gasteiger partial charge in [-0.05, 0) is 42.8 Å². The number of aliphatic carboxylic acids is 1. The number of benzene rings is 1. The summed E-state index contributed by atoms with van der Waals surface area (Å²) in [6, 6.07) is 8.92. The zero-order chi connectivity index (χ0) is 18.0. The number of ether oxygens (including phenoxy) is 1. The molecule has 0 radical (unpaired) electrons. The van der Waals surface area contributed by atoms with E-state index in [9.17, 15) is 19.1 Å². The van der Waals surface area contributed by atoms with Crippen molar-refractivity contribution in [2.45, 2.75) is 6.42 Å². The number of rotatable bonds is 5. The molecule has 0 aliphatic carbocycles. The number of nitrogens with zero attached hydrogens (tertiary/aromatic N) is 1. The van der Waals surface area contributed by atoms with Crippen molar-refractivity contribution in [1.82, 2.24) is 4.90 Å². The lowest BCUT2D eigenvalue weighted by atomic mass is 9.88. The Bertz CT molecular complexity index is 785. The van der Waals surface area contributed by atoms with Gasteiger partial charge in [0.25, 0.3) is 5.91 Å². The summed E-state index contributed by atoms with van der Waals surface area (Å²) in [6.07, 6.45) is 0.327. The third-order valence-corrected chi connectivity index (χ3v) is 4.46. The standard InChI is InChI=1S/C18H18FNO5/c1-24-11-18(17(22)23)8-9-20(10-18)16(21)15-7-6-14(25-15)12-2-4-13(19)5-3-12/h2-7H,8-11H2,1H3,(H,22,23). The Balaban J connectivity index is 1.76. The summed E-state index contributed by atoms with van der Waals surface area (Å²) in [5, 5.41) is 9.47. The number of methoxy groups -OCH3 is 1. The molecule has 0 bridgehead atoms. The molecule has 0 spiro atoms. The van der Waals surface area contributed by atoms with E-state index in [0.717, 1.165) is 0 Å². The molecule has 6 nitrogen and oxygen atoms in total. The first kappa shape index (κ1) is 17.2. The van der Waals surface area contributed by atoms with E-state index in [4.69, 9.17) is 9.15 Å². The molecule has 2 heterocycles. The molecule has 1 aliphatic heterocycles. The lowest BCUT2D eigenvalue weighted by molar-refractivity contribution is -0.151. The van der Waals surface area contributed by atoms with Crippen LogP contribution in [0.4, 0.5) is 4.39 Å². The topological polar surface area (TPSA) is 80.0 Å². The Morgan fingerprint density at radius 1 is 1.28 bits per heavy atom. The van der Waals surface area contributed by atoms with Gasteiger partial charge in [0.15, 0.2) is 5.76 Å². The first-order chi connectivity index (χ1) is 11.9. The molecule has 1 unspecified atom stereocenters. The summed E-state index contributed by atoms with van der Waals surface area (Å²) in [5.41, 5.74) is -0.433. The van der Waals surface area contributed by atoms with E-state index in [-0.39, 0.29) is 30.6 Å². The first-order valence-electron chi connectivity index (χ1n) is 7.82. The Morgan fingerprint density at radius 2 is 2.00 bits per heavy atom. The third kappa shape index (κ3) is 3.28. The highest BCUT2D eigenvalue weighted by Crippen LogP contribution is 2.33. The minimum Gasteiger partial charge on any atom is -0.481 e. The third-order valence-electron chi connectivity index (χ3n) is 4.46. The van der Waals surface area contributed by atoms with Crippen LogP contribution in [-0.2, 0) is 9.53 Å². The number of furan rings is 1. The highest BCUT2D eigenvalue weighted by atomic mass is 19.1. The van der Waals surface area contributed by atoms with E-state index >= 15 is 0 Å². The van der Waals surface area contributed by atoms with Crippen molar-refractivity contribution in [2.75, 3.05) is 26.8 Å². The van der Waals surface area contributed by atoms with Crippen molar-refractivity contribution in [1.29, 1.82) is 0 Å². The van der Waals surface area contributed by atoms with Gasteiger partial charge in [-0.25, -0.2) is 4.39 Å². The first-order valence-corrected chi connectivity index (χ1v) is 7.82. The molecule has 2 aromatic rings. The van der Waals surface area contributed by atoms with Gasteiger partial charge in [-0.15, -0.1) is 0 Å². The molecule has 1 amide bonds. The summed E-state index contributed by atoms with van der Waals surface area (Å²) in [6.45, 7) is 0.438. The van der Waals surface area contributed by atoms with Gasteiger partial charge in [-0.2, -0.15) is 0 Å². The van der Waals surface area contributed by atoms with Crippen LogP contribution in [0.5, 0.6) is 0 Å². The Labute approximate surface area is 143 Å². The molecule has 1 aliphatic rings. The van der Waals surface area contributed by atoms with Crippen LogP contribution < -0.4 is 0 Å². The van der Waals surface area contributed by atoms with E-state index in [2.05, 4.69) is 0 Å². The molecule has 1 N–H and O–H groups in total. The molecule has 1 saturated heterocycles. The van der Waals surface area contributed by atoms with E-state index in [1.807, 2.05) is 0 Å². The Kier molecular flexibility index (Phi) is 4.59. The average Bonchev–Trinajstić information content (AvgIpc) is 3.23. The summed E-state index contributed by atoms with van der Waals surface area (Å²) < 4.78 is 23.6. The second-order valence-corrected chi connectivity index (χ2v) is 6.17. The normalized spacial score (nSPS) is 20.0. The predicted molar refractivity (Wildman–Crippen MR) is 86.6 cm³/mol. The van der Waals surface area contributed by atoms with Crippen molar-refractivity contribution >= 4 is 11.9 Å². The molecule has 25 heavy (non-hydrogen) atoms. The molecule has 132 valence electrons. The average molecular weight is 347 g/mol. The van der Waals surface area contributed by atoms with Crippen LogP contribution in [0.3, 0.4) is 0 Å². The maximum atomic E-state index is 13.0. The minimum absolute atomic E-state index is 0.0467. The van der Waals surface area contributed by atoms with Crippen LogP contribution >= 0.6 is 0 Å². The van der Waals surface area contributed by atoms with Gasteiger partial charge in [0.1, 0.15) is 17.0 Å². The quantitative estimate of drug-likeness (QED) is 0.899. The van der Waals surface area contributed by atoms with Gasteiger partial charge in [-0.1, -0.05) is 0 Å². The van der Waals surface area contributed by atoms with Gasteiger partial charge >= 0.3 is 5.97 Å². The fraction of sp³-hybridized carbons (Fsp3) is 0.333. The summed E-state index contributed by atoms with van der Waals surface area (Å²) in [5.74, 6) is -1.13. The Hall–Kier alpha value is -2.67. The predicted octanol–water partition coefficient (Wildman–Crippen LogP) is 2.65. The van der Waals surface area contributed by atoms with Crippen LogP contribution in [0.2, 0.25) is 0 Å². The number of carboxylic acid groups (broad SMARTS) is 1. The maximum absolute atomic E-state index is 13.0. The number of hydrogen-bond acceptors (Lipinski definition) is 4. The molecule has 7 heteroatoms. The van der Waals surface area contributed by atoms with Crippen molar-refractivity contribution in [3.8, 4) is 11.3 Å². The lowest BCUT2D eigenvalue weighted by Crippen LogP contribution is -2.40. The second-order valence-electron chi connectivity index (χ2n) is 6.17. The zero-order valence-electron chi connectivity index (χ0n) is 13.7. The Morgan fingerprint density at radius 3 is 2.64 bits per heavy atom. The molecular formula is C18H18FNO5. The molecule has 1 fully saturated rings. The SMILES string of the molecule is COCC1(C(=O)O)CCN(C(=O)c2ccc(-c3ccc(F)cc3)o2)C1. The van der Waals surface area contributed by atoms with Crippen molar-refractivity contribution in [3.05, 3.63) is 48.0 Å². The molecular weight excluding hydrogens is 329 g/mol. The van der Waals surface area contributed by atoms with Crippen molar-refractivity contribution in [2.24, 2.45) is 5.41 Å². The number of amides is 1. The van der Waals surface area contributed by atoms with Crippen LogP contribution in [0.1, 0.15) is 17.0 Å². The molecule has 1 aromatic heterocycles. The summed E-state index contributed by atoms with van der Waals surface area (Å²) in [4.78, 5) is 25.6. The number of likely N-dealkylation sites (tertiary alicyclic amines) is 1. The van der Waals surface area contributed by atoms with Gasteiger partial charge < -0.3 is 19.2 Å². The van der Waals surface area contributed by atoms with Gasteiger partial charge in [0, 0.05) is 25.8 Å². The number of carbonyl (C=O) groups is 2. The highest BCUT2D eigenvalue weighted by molar-refractivity contribution is 5.93. The smallest absolute Gasteiger partial charge is 0.313 e. The zero-order valence-corrected chi connectivity index (χ0v) is 13.7. The number of hydrogen-bond donors (Lipinski definition) is 1. The van der Waals surface area contributed by atoms with E-state index < -0.39 is 11.4 Å². The fourth-order valence-corrected chi connectivity index (χ4v) is 3.05. The number of carbonyl (C=O) groups excluding carboxylic acids is 1. The fourth-order valence-electron chi connectivity index (χ4n) is 3.05. The van der Waals surface area contributed by atoms with Gasteiger partial charge in [0.2, 0.25) is 0 Å². The lowest BCUT2D eigenvalue weighted by Gasteiger charge is -2.23.